The maximum absolute atomic E-state index is 13.5. The first-order chi connectivity index (χ1) is 17.4. The molecule has 0 radical (unpaired) electrons. The third kappa shape index (κ3) is 6.66. The number of benzene rings is 2. The number of rotatable bonds is 8. The van der Waals surface area contributed by atoms with Crippen molar-refractivity contribution in [2.75, 3.05) is 28.5 Å². The van der Waals surface area contributed by atoms with E-state index in [0.717, 1.165) is 34.6 Å². The van der Waals surface area contributed by atoms with Crippen LogP contribution >= 0.6 is 0 Å². The Morgan fingerprint density at radius 2 is 1.74 bits per heavy atom. The number of hydrogen-bond donors (Lipinski definition) is 2. The summed E-state index contributed by atoms with van der Waals surface area (Å²) in [5, 5.41) is 2.12. The van der Waals surface area contributed by atoms with E-state index >= 15 is 0 Å². The molecule has 1 heterocycles. The molecule has 1 aliphatic heterocycles. The Labute approximate surface area is 217 Å². The van der Waals surface area contributed by atoms with Gasteiger partial charge in [-0.05, 0) is 63.2 Å². The molecule has 0 aromatic heterocycles. The number of hydrogen-bond acceptors (Lipinski definition) is 7. The molecule has 0 aliphatic carbocycles. The monoisotopic (exact) mass is 583 g/mol. The smallest absolute Gasteiger partial charge is 0.427 e. The molecular formula is C22H25F4N3O7S2. The summed E-state index contributed by atoms with van der Waals surface area (Å²) in [6.07, 6.45) is -7.26. The topological polar surface area (TPSA) is 131 Å². The fraction of sp³-hybridized carbons (Fsp3) is 0.409. The maximum atomic E-state index is 13.5. The van der Waals surface area contributed by atoms with E-state index in [4.69, 9.17) is 4.74 Å². The number of carbonyl (C=O) groups is 1. The number of halogens is 4. The molecule has 0 bridgehead atoms. The minimum absolute atomic E-state index is 0.0165. The van der Waals surface area contributed by atoms with Crippen molar-refractivity contribution >= 4 is 37.5 Å². The lowest BCUT2D eigenvalue weighted by Crippen LogP contribution is -2.48. The number of sulfonamides is 2. The SMILES string of the molecule is CCS(=O)(=O)NC[C@H]1CN(S(=O)(=O)c2ccc(F)cc2)c2cc(NC(=O)OC(C)(C)C(F)(F)F)ccc2O1. The van der Waals surface area contributed by atoms with Crippen LogP contribution in [0.5, 0.6) is 5.75 Å². The van der Waals surface area contributed by atoms with E-state index in [1.54, 1.807) is 0 Å². The Balaban J connectivity index is 1.96. The molecule has 0 unspecified atom stereocenters. The fourth-order valence-corrected chi connectivity index (χ4v) is 5.35. The minimum atomic E-state index is -4.84. The fourth-order valence-electron chi connectivity index (χ4n) is 3.21. The molecule has 1 atom stereocenters. The molecule has 0 spiro atoms. The first-order valence-corrected chi connectivity index (χ1v) is 14.2. The average Bonchev–Trinajstić information content (AvgIpc) is 2.81. The van der Waals surface area contributed by atoms with E-state index in [0.29, 0.717) is 13.8 Å². The zero-order chi connectivity index (χ0) is 28.5. The predicted octanol–water partition coefficient (Wildman–Crippen LogP) is 3.61. The standard InChI is InChI=1S/C22H25F4N3O7S2/c1-4-37(31,32)27-12-16-13-29(38(33,34)17-8-5-14(23)6-9-17)18-11-15(7-10-19(18)35-16)28-20(30)36-21(2,3)22(24,25)26/h5-11,16,27H,4,12-13H2,1-3H3,(H,28,30)/t16-/m0/s1. The van der Waals surface area contributed by atoms with Gasteiger partial charge in [0, 0.05) is 12.2 Å². The van der Waals surface area contributed by atoms with Crippen LogP contribution in [0.4, 0.5) is 33.7 Å². The first-order valence-electron chi connectivity index (χ1n) is 11.1. The van der Waals surface area contributed by atoms with Gasteiger partial charge in [-0.1, -0.05) is 0 Å². The van der Waals surface area contributed by atoms with E-state index in [9.17, 15) is 39.2 Å². The first kappa shape index (κ1) is 29.4. The number of alkyl halides is 3. The number of carbonyl (C=O) groups excluding carboxylic acids is 1. The molecular weight excluding hydrogens is 558 g/mol. The second kappa shape index (κ2) is 10.6. The van der Waals surface area contributed by atoms with Gasteiger partial charge in [-0.15, -0.1) is 0 Å². The minimum Gasteiger partial charge on any atom is -0.485 e. The molecule has 3 rings (SSSR count). The Bertz CT molecular complexity index is 1400. The van der Waals surface area contributed by atoms with Crippen LogP contribution in [0.3, 0.4) is 0 Å². The van der Waals surface area contributed by atoms with Gasteiger partial charge in [0.25, 0.3) is 10.0 Å². The van der Waals surface area contributed by atoms with E-state index in [1.807, 2.05) is 0 Å². The number of nitrogens with zero attached hydrogens (tertiary/aromatic N) is 1. The van der Waals surface area contributed by atoms with Crippen molar-refractivity contribution in [2.45, 2.75) is 43.5 Å². The Kier molecular flexibility index (Phi) is 8.19. The van der Waals surface area contributed by atoms with Gasteiger partial charge in [0.1, 0.15) is 17.7 Å². The molecule has 10 nitrogen and oxygen atoms in total. The van der Waals surface area contributed by atoms with Crippen molar-refractivity contribution in [3.63, 3.8) is 0 Å². The van der Waals surface area contributed by atoms with Gasteiger partial charge in [0.2, 0.25) is 15.6 Å². The third-order valence-corrected chi connectivity index (χ3v) is 8.64. The number of fused-ring (bicyclic) bond motifs is 1. The van der Waals surface area contributed by atoms with Crippen LogP contribution < -0.4 is 19.1 Å². The molecule has 2 aromatic rings. The highest BCUT2D eigenvalue weighted by molar-refractivity contribution is 7.92. The summed E-state index contributed by atoms with van der Waals surface area (Å²) in [7, 11) is -7.99. The average molecular weight is 584 g/mol. The molecule has 16 heteroatoms. The summed E-state index contributed by atoms with van der Waals surface area (Å²) in [6.45, 7) is 2.09. The quantitative estimate of drug-likeness (QED) is 0.454. The number of amides is 1. The largest absolute Gasteiger partial charge is 0.485 e. The van der Waals surface area contributed by atoms with Crippen molar-refractivity contribution in [2.24, 2.45) is 0 Å². The predicted molar refractivity (Wildman–Crippen MR) is 129 cm³/mol. The Morgan fingerprint density at radius 1 is 1.11 bits per heavy atom. The highest BCUT2D eigenvalue weighted by Gasteiger charge is 2.51. The summed E-state index contributed by atoms with van der Waals surface area (Å²) in [5.74, 6) is -0.911. The van der Waals surface area contributed by atoms with E-state index in [-0.39, 0.29) is 40.9 Å². The Morgan fingerprint density at radius 3 is 2.32 bits per heavy atom. The third-order valence-electron chi connectivity index (χ3n) is 5.48. The lowest BCUT2D eigenvalue weighted by Gasteiger charge is -2.36. The van der Waals surface area contributed by atoms with Crippen LogP contribution in [0.2, 0.25) is 0 Å². The van der Waals surface area contributed by atoms with Crippen LogP contribution in [0, 0.1) is 5.82 Å². The molecule has 0 fully saturated rings. The van der Waals surface area contributed by atoms with Crippen molar-refractivity contribution in [3.05, 3.63) is 48.3 Å². The van der Waals surface area contributed by atoms with E-state index in [2.05, 4.69) is 14.8 Å². The van der Waals surface area contributed by atoms with Gasteiger partial charge in [-0.25, -0.2) is 30.7 Å². The molecule has 1 amide bonds. The molecule has 0 saturated heterocycles. The zero-order valence-corrected chi connectivity index (χ0v) is 22.0. The van der Waals surface area contributed by atoms with E-state index < -0.39 is 49.8 Å². The van der Waals surface area contributed by atoms with Crippen LogP contribution in [0.1, 0.15) is 20.8 Å². The van der Waals surface area contributed by atoms with Crippen molar-refractivity contribution in [3.8, 4) is 5.75 Å². The van der Waals surface area contributed by atoms with Crippen molar-refractivity contribution in [1.82, 2.24) is 4.72 Å². The van der Waals surface area contributed by atoms with Crippen LogP contribution in [-0.4, -0.2) is 59.7 Å². The van der Waals surface area contributed by atoms with Gasteiger partial charge in [0.15, 0.2) is 0 Å². The molecule has 0 saturated carbocycles. The van der Waals surface area contributed by atoms with Crippen LogP contribution in [0.15, 0.2) is 47.4 Å². The summed E-state index contributed by atoms with van der Waals surface area (Å²) < 4.78 is 117. The summed E-state index contributed by atoms with van der Waals surface area (Å²) in [4.78, 5) is 11.8. The van der Waals surface area contributed by atoms with Crippen molar-refractivity contribution in [1.29, 1.82) is 0 Å². The number of anilines is 2. The summed E-state index contributed by atoms with van der Waals surface area (Å²) in [5.41, 5.74) is -3.01. The van der Waals surface area contributed by atoms with Crippen molar-refractivity contribution < 1.29 is 48.7 Å². The van der Waals surface area contributed by atoms with Gasteiger partial charge in [-0.3, -0.25) is 9.62 Å². The van der Waals surface area contributed by atoms with Crippen LogP contribution in [-0.2, 0) is 24.8 Å². The van der Waals surface area contributed by atoms with Crippen LogP contribution in [0.25, 0.3) is 0 Å². The zero-order valence-electron chi connectivity index (χ0n) is 20.4. The molecule has 2 aromatic carbocycles. The van der Waals surface area contributed by atoms with Gasteiger partial charge >= 0.3 is 12.3 Å². The lowest BCUT2D eigenvalue weighted by molar-refractivity contribution is -0.242. The van der Waals surface area contributed by atoms with Gasteiger partial charge in [0.05, 0.1) is 22.9 Å². The Hall–Kier alpha value is -3.11. The van der Waals surface area contributed by atoms with Gasteiger partial charge < -0.3 is 9.47 Å². The van der Waals surface area contributed by atoms with E-state index in [1.165, 1.54) is 19.1 Å². The maximum Gasteiger partial charge on any atom is 0.427 e. The second-order valence-electron chi connectivity index (χ2n) is 8.69. The molecule has 2 N–H and O–H groups in total. The molecule has 1 aliphatic rings. The second-order valence-corrected chi connectivity index (χ2v) is 12.6. The highest BCUT2D eigenvalue weighted by atomic mass is 32.2. The normalized spacial score (nSPS) is 16.4. The number of nitrogens with one attached hydrogen (secondary N) is 2. The summed E-state index contributed by atoms with van der Waals surface area (Å²) >= 11 is 0. The highest BCUT2D eigenvalue weighted by Crippen LogP contribution is 2.39. The number of ether oxygens (including phenoxy) is 2. The molecule has 210 valence electrons. The summed E-state index contributed by atoms with van der Waals surface area (Å²) in [6, 6.07) is 7.59. The van der Waals surface area contributed by atoms with Gasteiger partial charge in [-0.2, -0.15) is 13.2 Å². The molecule has 38 heavy (non-hydrogen) atoms. The lowest BCUT2D eigenvalue weighted by atomic mass is 10.1.